The van der Waals surface area contributed by atoms with Gasteiger partial charge in [-0.2, -0.15) is 0 Å². The predicted octanol–water partition coefficient (Wildman–Crippen LogP) is 4.90. The average molecular weight is 407 g/mol. The fraction of sp³-hybridized carbons (Fsp3) is 0.292. The number of carbonyl (C=O) groups is 1. The number of amides is 1. The van der Waals surface area contributed by atoms with Crippen LogP contribution in [0.2, 0.25) is 0 Å². The van der Waals surface area contributed by atoms with Gasteiger partial charge >= 0.3 is 0 Å². The molecule has 1 N–H and O–H groups in total. The molecule has 1 amide bonds. The van der Waals surface area contributed by atoms with E-state index in [0.29, 0.717) is 36.7 Å². The SMILES string of the molecule is CC(C)Cc1nc2c(nc1NC(=O)Cc1ccc(F)cc1)CCc1cc(F)ccc1-2. The molecule has 0 fully saturated rings. The smallest absolute Gasteiger partial charge is 0.229 e. The van der Waals surface area contributed by atoms with Crippen LogP contribution in [0.4, 0.5) is 14.6 Å². The Hall–Kier alpha value is -3.15. The van der Waals surface area contributed by atoms with Crippen molar-refractivity contribution in [1.29, 1.82) is 0 Å². The highest BCUT2D eigenvalue weighted by Gasteiger charge is 2.23. The molecule has 154 valence electrons. The Morgan fingerprint density at radius 3 is 2.50 bits per heavy atom. The third-order valence-electron chi connectivity index (χ3n) is 5.13. The first-order chi connectivity index (χ1) is 14.4. The van der Waals surface area contributed by atoms with Gasteiger partial charge in [0.05, 0.1) is 23.5 Å². The normalized spacial score (nSPS) is 12.4. The van der Waals surface area contributed by atoms with Crippen molar-refractivity contribution in [3.63, 3.8) is 0 Å². The van der Waals surface area contributed by atoms with E-state index in [1.165, 1.54) is 18.2 Å². The maximum Gasteiger partial charge on any atom is 0.229 e. The second-order valence-electron chi connectivity index (χ2n) is 8.07. The van der Waals surface area contributed by atoms with Gasteiger partial charge in [0, 0.05) is 5.56 Å². The summed E-state index contributed by atoms with van der Waals surface area (Å²) in [6.45, 7) is 4.16. The number of hydrogen-bond donors (Lipinski definition) is 1. The van der Waals surface area contributed by atoms with Crippen LogP contribution in [0.25, 0.3) is 11.3 Å². The molecule has 1 aliphatic rings. The number of aromatic nitrogens is 2. The lowest BCUT2D eigenvalue weighted by molar-refractivity contribution is -0.115. The molecule has 3 aromatic rings. The molecule has 0 spiro atoms. The third-order valence-corrected chi connectivity index (χ3v) is 5.13. The van der Waals surface area contributed by atoms with Crippen LogP contribution in [0.5, 0.6) is 0 Å². The zero-order chi connectivity index (χ0) is 21.3. The lowest BCUT2D eigenvalue weighted by atomic mass is 9.91. The number of benzene rings is 2. The number of nitrogens with zero attached hydrogens (tertiary/aromatic N) is 2. The summed E-state index contributed by atoms with van der Waals surface area (Å²) < 4.78 is 26.7. The third kappa shape index (κ3) is 4.37. The molecule has 1 aromatic heterocycles. The van der Waals surface area contributed by atoms with Crippen LogP contribution in [0.3, 0.4) is 0 Å². The summed E-state index contributed by atoms with van der Waals surface area (Å²) in [6.07, 6.45) is 2.11. The molecule has 0 saturated carbocycles. The van der Waals surface area contributed by atoms with Crippen molar-refractivity contribution in [3.8, 4) is 11.3 Å². The quantitative estimate of drug-likeness (QED) is 0.655. The van der Waals surface area contributed by atoms with Gasteiger partial charge in [-0.3, -0.25) is 4.79 Å². The van der Waals surface area contributed by atoms with Crippen LogP contribution in [0.1, 0.15) is 36.4 Å². The van der Waals surface area contributed by atoms with Crippen LogP contribution in [0, 0.1) is 17.6 Å². The van der Waals surface area contributed by atoms with E-state index < -0.39 is 0 Å². The molecule has 2 aromatic carbocycles. The summed E-state index contributed by atoms with van der Waals surface area (Å²) >= 11 is 0. The van der Waals surface area contributed by atoms with E-state index in [0.717, 1.165) is 28.1 Å². The van der Waals surface area contributed by atoms with Crippen molar-refractivity contribution in [2.75, 3.05) is 5.32 Å². The number of halogens is 2. The Labute approximate surface area is 174 Å². The Morgan fingerprint density at radius 1 is 1.03 bits per heavy atom. The van der Waals surface area contributed by atoms with E-state index in [4.69, 9.17) is 9.97 Å². The fourth-order valence-electron chi connectivity index (χ4n) is 3.74. The summed E-state index contributed by atoms with van der Waals surface area (Å²) in [4.78, 5) is 22.2. The molecule has 4 nitrogen and oxygen atoms in total. The number of aryl methyl sites for hydroxylation is 2. The summed E-state index contributed by atoms with van der Waals surface area (Å²) in [6, 6.07) is 10.6. The van der Waals surface area contributed by atoms with E-state index in [2.05, 4.69) is 19.2 Å². The Morgan fingerprint density at radius 2 is 1.77 bits per heavy atom. The van der Waals surface area contributed by atoms with Crippen molar-refractivity contribution in [1.82, 2.24) is 9.97 Å². The number of nitrogens with one attached hydrogen (secondary N) is 1. The number of fused-ring (bicyclic) bond motifs is 3. The lowest BCUT2D eigenvalue weighted by Crippen LogP contribution is -2.20. The molecule has 30 heavy (non-hydrogen) atoms. The highest BCUT2D eigenvalue weighted by atomic mass is 19.1. The second-order valence-corrected chi connectivity index (χ2v) is 8.07. The van der Waals surface area contributed by atoms with Gasteiger partial charge in [-0.25, -0.2) is 18.7 Å². The first kappa shape index (κ1) is 20.1. The molecule has 0 bridgehead atoms. The summed E-state index contributed by atoms with van der Waals surface area (Å²) in [5.41, 5.74) is 4.84. The predicted molar refractivity (Wildman–Crippen MR) is 112 cm³/mol. The maximum atomic E-state index is 13.6. The van der Waals surface area contributed by atoms with E-state index in [9.17, 15) is 13.6 Å². The minimum absolute atomic E-state index is 0.127. The summed E-state index contributed by atoms with van der Waals surface area (Å²) in [5, 5.41) is 2.90. The highest BCUT2D eigenvalue weighted by molar-refractivity contribution is 5.92. The maximum absolute atomic E-state index is 13.6. The molecule has 0 aliphatic heterocycles. The zero-order valence-electron chi connectivity index (χ0n) is 17.0. The second kappa shape index (κ2) is 8.30. The minimum Gasteiger partial charge on any atom is -0.309 e. The van der Waals surface area contributed by atoms with Gasteiger partial charge in [-0.1, -0.05) is 26.0 Å². The standard InChI is InChI=1S/C24H23F2N3O/c1-14(2)11-21-24(29-22(30)12-15-3-6-17(25)7-4-15)28-20-10-5-16-13-18(26)8-9-19(16)23(20)27-21/h3-4,6-9,13-14H,5,10-12H2,1-2H3,(H,28,29,30). The van der Waals surface area contributed by atoms with Crippen LogP contribution < -0.4 is 5.32 Å². The van der Waals surface area contributed by atoms with Crippen LogP contribution in [-0.2, 0) is 30.5 Å². The fourth-order valence-corrected chi connectivity index (χ4v) is 3.74. The summed E-state index contributed by atoms with van der Waals surface area (Å²) in [7, 11) is 0. The number of carbonyl (C=O) groups excluding carboxylic acids is 1. The van der Waals surface area contributed by atoms with Crippen LogP contribution >= 0.6 is 0 Å². The van der Waals surface area contributed by atoms with Gasteiger partial charge in [0.25, 0.3) is 0 Å². The van der Waals surface area contributed by atoms with Gasteiger partial charge in [0.15, 0.2) is 5.82 Å². The van der Waals surface area contributed by atoms with Gasteiger partial charge in [0.2, 0.25) is 5.91 Å². The van der Waals surface area contributed by atoms with Crippen molar-refractivity contribution in [3.05, 3.63) is 76.6 Å². The molecule has 4 rings (SSSR count). The van der Waals surface area contributed by atoms with Crippen LogP contribution in [-0.4, -0.2) is 15.9 Å². The average Bonchev–Trinajstić information content (AvgIpc) is 2.69. The molecule has 0 radical (unpaired) electrons. The molecule has 0 unspecified atom stereocenters. The van der Waals surface area contributed by atoms with E-state index >= 15 is 0 Å². The zero-order valence-corrected chi connectivity index (χ0v) is 17.0. The van der Waals surface area contributed by atoms with Gasteiger partial charge < -0.3 is 5.32 Å². The monoisotopic (exact) mass is 407 g/mol. The minimum atomic E-state index is -0.334. The van der Waals surface area contributed by atoms with E-state index in [-0.39, 0.29) is 24.0 Å². The van der Waals surface area contributed by atoms with Gasteiger partial charge in [-0.05, 0) is 66.6 Å². The van der Waals surface area contributed by atoms with Gasteiger partial charge in [-0.15, -0.1) is 0 Å². The molecule has 1 aliphatic carbocycles. The first-order valence-electron chi connectivity index (χ1n) is 10.1. The molecule has 6 heteroatoms. The Balaban J connectivity index is 1.65. The number of hydrogen-bond acceptors (Lipinski definition) is 3. The topological polar surface area (TPSA) is 54.9 Å². The van der Waals surface area contributed by atoms with Gasteiger partial charge in [0.1, 0.15) is 11.6 Å². The molecular weight excluding hydrogens is 384 g/mol. The first-order valence-corrected chi connectivity index (χ1v) is 10.1. The molecule has 1 heterocycles. The van der Waals surface area contributed by atoms with E-state index in [1.807, 2.05) is 0 Å². The molecule has 0 atom stereocenters. The summed E-state index contributed by atoms with van der Waals surface area (Å²) in [5.74, 6) is -0.0167. The Bertz CT molecular complexity index is 1090. The van der Waals surface area contributed by atoms with Crippen molar-refractivity contribution >= 4 is 11.7 Å². The van der Waals surface area contributed by atoms with Crippen molar-refractivity contribution in [2.24, 2.45) is 5.92 Å². The molecule has 0 saturated heterocycles. The lowest BCUT2D eigenvalue weighted by Gasteiger charge is -2.21. The van der Waals surface area contributed by atoms with Crippen LogP contribution in [0.15, 0.2) is 42.5 Å². The van der Waals surface area contributed by atoms with E-state index in [1.54, 1.807) is 24.3 Å². The highest BCUT2D eigenvalue weighted by Crippen LogP contribution is 2.33. The van der Waals surface area contributed by atoms with Crippen molar-refractivity contribution < 1.29 is 13.6 Å². The number of rotatable bonds is 5. The largest absolute Gasteiger partial charge is 0.309 e. The molecular formula is C24H23F2N3O. The van der Waals surface area contributed by atoms with Crippen molar-refractivity contribution in [2.45, 2.75) is 39.5 Å². The Kier molecular flexibility index (Phi) is 5.57. The number of anilines is 1.